The molecule has 0 atom stereocenters. The molecule has 0 aliphatic heterocycles. The van der Waals surface area contributed by atoms with Crippen molar-refractivity contribution in [3.05, 3.63) is 0 Å². The number of guanidine groups is 1. The summed E-state index contributed by atoms with van der Waals surface area (Å²) < 4.78 is 41.2. The van der Waals surface area contributed by atoms with Crippen LogP contribution in [0.25, 0.3) is 0 Å². The number of halogens is 4. The minimum Gasteiger partial charge on any atom is -0.382 e. The molecule has 0 aromatic carbocycles. The van der Waals surface area contributed by atoms with Crippen molar-refractivity contribution in [1.29, 1.82) is 0 Å². The first kappa shape index (κ1) is 22.0. The molecule has 0 bridgehead atoms. The Bertz CT molecular complexity index is 251. The zero-order chi connectivity index (χ0) is 14.6. The number of hydrogen-bond donors (Lipinski definition) is 2. The highest BCUT2D eigenvalue weighted by atomic mass is 127. The number of hydrogen-bond acceptors (Lipinski definition) is 2. The van der Waals surface area contributed by atoms with Gasteiger partial charge in [-0.3, -0.25) is 4.99 Å². The molecule has 0 amide bonds. The Labute approximate surface area is 136 Å². The highest BCUT2D eigenvalue weighted by Crippen LogP contribution is 2.17. The molecular formula is C12H25F3IN3O. The van der Waals surface area contributed by atoms with Crippen molar-refractivity contribution >= 4 is 29.9 Å². The molecule has 0 radical (unpaired) electrons. The minimum atomic E-state index is -4.14. The molecule has 20 heavy (non-hydrogen) atoms. The van der Waals surface area contributed by atoms with Crippen LogP contribution in [0.15, 0.2) is 4.99 Å². The SMILES string of the molecule is CCNC(=NCCCCOCC)NCCC(F)(F)F.I. The normalized spacial score (nSPS) is 11.9. The van der Waals surface area contributed by atoms with Gasteiger partial charge in [0.05, 0.1) is 6.42 Å². The fourth-order valence-corrected chi connectivity index (χ4v) is 1.32. The van der Waals surface area contributed by atoms with E-state index in [1.807, 2.05) is 13.8 Å². The number of ether oxygens (including phenoxy) is 1. The van der Waals surface area contributed by atoms with Crippen molar-refractivity contribution in [1.82, 2.24) is 10.6 Å². The van der Waals surface area contributed by atoms with Crippen molar-refractivity contribution in [3.63, 3.8) is 0 Å². The largest absolute Gasteiger partial charge is 0.390 e. The predicted octanol–water partition coefficient (Wildman–Crippen LogP) is 2.93. The zero-order valence-corrected chi connectivity index (χ0v) is 14.4. The quantitative estimate of drug-likeness (QED) is 0.266. The third kappa shape index (κ3) is 15.8. The molecule has 0 saturated heterocycles. The maximum atomic E-state index is 12.0. The van der Waals surface area contributed by atoms with Gasteiger partial charge in [0, 0.05) is 32.8 Å². The summed E-state index contributed by atoms with van der Waals surface area (Å²) in [6, 6.07) is 0. The van der Waals surface area contributed by atoms with Gasteiger partial charge in [0.25, 0.3) is 0 Å². The highest BCUT2D eigenvalue weighted by molar-refractivity contribution is 14.0. The highest BCUT2D eigenvalue weighted by Gasteiger charge is 2.26. The first-order valence-corrected chi connectivity index (χ1v) is 6.66. The van der Waals surface area contributed by atoms with E-state index in [1.54, 1.807) is 0 Å². The lowest BCUT2D eigenvalue weighted by Gasteiger charge is -2.12. The molecule has 4 nitrogen and oxygen atoms in total. The molecule has 0 aromatic heterocycles. The first-order chi connectivity index (χ1) is 8.99. The lowest BCUT2D eigenvalue weighted by atomic mass is 10.3. The van der Waals surface area contributed by atoms with E-state index >= 15 is 0 Å². The summed E-state index contributed by atoms with van der Waals surface area (Å²) in [6.07, 6.45) is -3.24. The van der Waals surface area contributed by atoms with E-state index in [2.05, 4.69) is 15.6 Å². The second-order valence-electron chi connectivity index (χ2n) is 3.96. The van der Waals surface area contributed by atoms with E-state index in [0.29, 0.717) is 32.3 Å². The molecule has 2 N–H and O–H groups in total. The fraction of sp³-hybridized carbons (Fsp3) is 0.917. The van der Waals surface area contributed by atoms with Gasteiger partial charge in [-0.05, 0) is 26.7 Å². The second-order valence-corrected chi connectivity index (χ2v) is 3.96. The van der Waals surface area contributed by atoms with E-state index in [4.69, 9.17) is 4.74 Å². The molecule has 0 aliphatic rings. The summed E-state index contributed by atoms with van der Waals surface area (Å²) in [7, 11) is 0. The van der Waals surface area contributed by atoms with Gasteiger partial charge in [-0.2, -0.15) is 13.2 Å². The Morgan fingerprint density at radius 2 is 1.85 bits per heavy atom. The molecule has 0 fully saturated rings. The van der Waals surface area contributed by atoms with Crippen LogP contribution in [0, 0.1) is 0 Å². The average Bonchev–Trinajstić information content (AvgIpc) is 2.32. The maximum absolute atomic E-state index is 12.0. The Kier molecular flexibility index (Phi) is 15.1. The number of alkyl halides is 3. The monoisotopic (exact) mass is 411 g/mol. The molecule has 8 heteroatoms. The van der Waals surface area contributed by atoms with E-state index in [9.17, 15) is 13.2 Å². The van der Waals surface area contributed by atoms with Crippen molar-refractivity contribution in [2.24, 2.45) is 4.99 Å². The van der Waals surface area contributed by atoms with E-state index in [0.717, 1.165) is 12.8 Å². The predicted molar refractivity (Wildman–Crippen MR) is 85.8 cm³/mol. The molecule has 0 aromatic rings. The molecule has 0 spiro atoms. The number of unbranched alkanes of at least 4 members (excludes halogenated alkanes) is 1. The minimum absolute atomic E-state index is 0. The van der Waals surface area contributed by atoms with E-state index in [1.165, 1.54) is 0 Å². The van der Waals surface area contributed by atoms with Gasteiger partial charge in [0.2, 0.25) is 0 Å². The molecule has 122 valence electrons. The van der Waals surface area contributed by atoms with Gasteiger partial charge >= 0.3 is 6.18 Å². The number of rotatable bonds is 9. The van der Waals surface area contributed by atoms with Crippen LogP contribution in [-0.2, 0) is 4.74 Å². The Balaban J connectivity index is 0. The van der Waals surface area contributed by atoms with Crippen LogP contribution in [0.5, 0.6) is 0 Å². The molecule has 0 unspecified atom stereocenters. The maximum Gasteiger partial charge on any atom is 0.390 e. The zero-order valence-electron chi connectivity index (χ0n) is 12.1. The summed E-state index contributed by atoms with van der Waals surface area (Å²) in [6.45, 7) is 6.25. The Morgan fingerprint density at radius 1 is 1.15 bits per heavy atom. The van der Waals surface area contributed by atoms with Gasteiger partial charge in [0.1, 0.15) is 0 Å². The molecule has 0 rings (SSSR count). The molecule has 0 saturated carbocycles. The van der Waals surface area contributed by atoms with Crippen molar-refractivity contribution in [2.45, 2.75) is 39.3 Å². The molecular weight excluding hydrogens is 386 g/mol. The second kappa shape index (κ2) is 13.7. The van der Waals surface area contributed by atoms with Crippen molar-refractivity contribution < 1.29 is 17.9 Å². The topological polar surface area (TPSA) is 45.7 Å². The Hall–Kier alpha value is -0.250. The number of aliphatic imine (C=N–C) groups is 1. The van der Waals surface area contributed by atoms with Crippen LogP contribution in [0.3, 0.4) is 0 Å². The summed E-state index contributed by atoms with van der Waals surface area (Å²) in [5.41, 5.74) is 0. The smallest absolute Gasteiger partial charge is 0.382 e. The van der Waals surface area contributed by atoms with Gasteiger partial charge in [-0.25, -0.2) is 0 Å². The van der Waals surface area contributed by atoms with Crippen molar-refractivity contribution in [2.75, 3.05) is 32.8 Å². The lowest BCUT2D eigenvalue weighted by molar-refractivity contribution is -0.132. The van der Waals surface area contributed by atoms with Crippen LogP contribution in [-0.4, -0.2) is 45.0 Å². The van der Waals surface area contributed by atoms with Crippen LogP contribution >= 0.6 is 24.0 Å². The summed E-state index contributed by atoms with van der Waals surface area (Å²) >= 11 is 0. The van der Waals surface area contributed by atoms with Crippen LogP contribution in [0.4, 0.5) is 13.2 Å². The summed E-state index contributed by atoms with van der Waals surface area (Å²) in [5.74, 6) is 0.433. The number of nitrogens with one attached hydrogen (secondary N) is 2. The van der Waals surface area contributed by atoms with Gasteiger partial charge in [0.15, 0.2) is 5.96 Å². The fourth-order valence-electron chi connectivity index (χ4n) is 1.32. The molecule has 0 heterocycles. The first-order valence-electron chi connectivity index (χ1n) is 6.66. The summed E-state index contributed by atoms with van der Waals surface area (Å²) in [4.78, 5) is 4.20. The lowest BCUT2D eigenvalue weighted by Crippen LogP contribution is -2.39. The van der Waals surface area contributed by atoms with Crippen molar-refractivity contribution in [3.8, 4) is 0 Å². The average molecular weight is 411 g/mol. The standard InChI is InChI=1S/C12H24F3N3O.HI/c1-3-16-11(18-9-7-12(13,14)15)17-8-5-6-10-19-4-2;/h3-10H2,1-2H3,(H2,16,17,18);1H. The Morgan fingerprint density at radius 3 is 2.40 bits per heavy atom. The van der Waals surface area contributed by atoms with E-state index in [-0.39, 0.29) is 30.5 Å². The van der Waals surface area contributed by atoms with Crippen LogP contribution < -0.4 is 10.6 Å². The summed E-state index contributed by atoms with van der Waals surface area (Å²) in [5, 5.41) is 5.58. The van der Waals surface area contributed by atoms with Gasteiger partial charge < -0.3 is 15.4 Å². The van der Waals surface area contributed by atoms with Crippen LogP contribution in [0.2, 0.25) is 0 Å². The van der Waals surface area contributed by atoms with Crippen LogP contribution in [0.1, 0.15) is 33.1 Å². The van der Waals surface area contributed by atoms with E-state index < -0.39 is 12.6 Å². The third-order valence-corrected chi connectivity index (χ3v) is 2.22. The van der Waals surface area contributed by atoms with Gasteiger partial charge in [-0.1, -0.05) is 0 Å². The third-order valence-electron chi connectivity index (χ3n) is 2.22. The number of nitrogens with zero attached hydrogens (tertiary/aromatic N) is 1. The van der Waals surface area contributed by atoms with Gasteiger partial charge in [-0.15, -0.1) is 24.0 Å². The molecule has 0 aliphatic carbocycles.